The van der Waals surface area contributed by atoms with Crippen LogP contribution in [0.3, 0.4) is 0 Å². The Morgan fingerprint density at radius 1 is 1.62 bits per heavy atom. The first-order chi connectivity index (χ1) is 7.54. The Bertz CT molecular complexity index is 429. The van der Waals surface area contributed by atoms with Crippen LogP contribution in [0.5, 0.6) is 5.75 Å². The number of hydrogen-bond donors (Lipinski definition) is 1. The molecule has 0 fully saturated rings. The maximum absolute atomic E-state index is 11.4. The van der Waals surface area contributed by atoms with Crippen LogP contribution in [-0.4, -0.2) is 18.3 Å². The van der Waals surface area contributed by atoms with Crippen LogP contribution < -0.4 is 10.4 Å². The van der Waals surface area contributed by atoms with Gasteiger partial charge in [0, 0.05) is 6.07 Å². The van der Waals surface area contributed by atoms with Crippen LogP contribution in [0.25, 0.3) is 6.08 Å². The molecule has 1 rings (SSSR count). The zero-order chi connectivity index (χ0) is 12.1. The molecular weight excluding hydrogens is 208 g/mol. The molecule has 0 amide bonds. The number of methoxy groups -OCH3 is 1. The summed E-state index contributed by atoms with van der Waals surface area (Å²) in [7, 11) is 1.51. The maximum atomic E-state index is 11.4. The Morgan fingerprint density at radius 3 is 2.88 bits per heavy atom. The highest BCUT2D eigenvalue weighted by Gasteiger charge is 2.05. The van der Waals surface area contributed by atoms with Crippen molar-refractivity contribution in [1.82, 2.24) is 0 Å². The lowest BCUT2D eigenvalue weighted by molar-refractivity contribution is 0.198. The Morgan fingerprint density at radius 2 is 2.31 bits per heavy atom. The molecule has 0 aliphatic heterocycles. The monoisotopic (exact) mass is 224 g/mol. The number of aliphatic hydroxyl groups is 1. The number of aliphatic hydroxyl groups excluding tert-OH is 1. The summed E-state index contributed by atoms with van der Waals surface area (Å²) in [4.78, 5) is 11.4. The zero-order valence-corrected chi connectivity index (χ0v) is 9.69. The van der Waals surface area contributed by atoms with E-state index < -0.39 is 11.7 Å². The summed E-state index contributed by atoms with van der Waals surface area (Å²) in [6.07, 6.45) is 3.50. The van der Waals surface area contributed by atoms with Crippen molar-refractivity contribution in [2.75, 3.05) is 7.11 Å². The molecule has 0 aromatic carbocycles. The molecule has 1 N–H and O–H groups in total. The summed E-state index contributed by atoms with van der Waals surface area (Å²) in [5.74, 6) is 0.932. The Kier molecular flexibility index (Phi) is 4.31. The SMILES string of the molecule is COc1cc(C=CCC(C)O)oc(=O)c1C. The van der Waals surface area contributed by atoms with Crippen molar-refractivity contribution in [3.63, 3.8) is 0 Å². The molecule has 0 saturated carbocycles. The van der Waals surface area contributed by atoms with Gasteiger partial charge in [-0.3, -0.25) is 0 Å². The highest BCUT2D eigenvalue weighted by molar-refractivity contribution is 5.46. The summed E-state index contributed by atoms with van der Waals surface area (Å²) in [6, 6.07) is 1.65. The van der Waals surface area contributed by atoms with E-state index in [-0.39, 0.29) is 0 Å². The molecule has 0 saturated heterocycles. The third kappa shape index (κ3) is 3.24. The minimum absolute atomic E-state index is 0.406. The van der Waals surface area contributed by atoms with Crippen LogP contribution in [0, 0.1) is 6.92 Å². The van der Waals surface area contributed by atoms with E-state index in [4.69, 9.17) is 14.3 Å². The van der Waals surface area contributed by atoms with Gasteiger partial charge in [0.25, 0.3) is 0 Å². The van der Waals surface area contributed by atoms with Crippen molar-refractivity contribution in [1.29, 1.82) is 0 Å². The Hall–Kier alpha value is -1.55. The molecule has 0 aliphatic carbocycles. The Balaban J connectivity index is 2.94. The summed E-state index contributed by atoms with van der Waals surface area (Å²) >= 11 is 0. The number of hydrogen-bond acceptors (Lipinski definition) is 4. The van der Waals surface area contributed by atoms with Crippen molar-refractivity contribution >= 4 is 6.08 Å². The number of rotatable bonds is 4. The van der Waals surface area contributed by atoms with Crippen molar-refractivity contribution < 1.29 is 14.3 Å². The third-order valence-electron chi connectivity index (χ3n) is 2.14. The fourth-order valence-corrected chi connectivity index (χ4v) is 1.23. The molecule has 16 heavy (non-hydrogen) atoms. The molecule has 0 radical (unpaired) electrons. The molecule has 1 aromatic heterocycles. The highest BCUT2D eigenvalue weighted by Crippen LogP contribution is 2.16. The second-order valence-electron chi connectivity index (χ2n) is 3.62. The van der Waals surface area contributed by atoms with E-state index in [0.29, 0.717) is 23.5 Å². The van der Waals surface area contributed by atoms with E-state index in [2.05, 4.69) is 0 Å². The molecule has 0 bridgehead atoms. The standard InChI is InChI=1S/C12H16O4/c1-8(13)5-4-6-10-7-11(15-3)9(2)12(14)16-10/h4,6-8,13H,5H2,1-3H3. The fourth-order valence-electron chi connectivity index (χ4n) is 1.23. The van der Waals surface area contributed by atoms with Gasteiger partial charge in [-0.2, -0.15) is 0 Å². The lowest BCUT2D eigenvalue weighted by Crippen LogP contribution is -2.06. The predicted molar refractivity (Wildman–Crippen MR) is 61.6 cm³/mol. The molecule has 88 valence electrons. The van der Waals surface area contributed by atoms with Gasteiger partial charge < -0.3 is 14.3 Å². The summed E-state index contributed by atoms with van der Waals surface area (Å²) < 4.78 is 10.1. The van der Waals surface area contributed by atoms with Crippen molar-refractivity contribution in [2.24, 2.45) is 0 Å². The first kappa shape index (κ1) is 12.5. The first-order valence-corrected chi connectivity index (χ1v) is 5.08. The highest BCUT2D eigenvalue weighted by atomic mass is 16.5. The summed E-state index contributed by atoms with van der Waals surface area (Å²) in [6.45, 7) is 3.34. The molecule has 4 heteroatoms. The largest absolute Gasteiger partial charge is 0.496 e. The van der Waals surface area contributed by atoms with Crippen LogP contribution in [-0.2, 0) is 0 Å². The van der Waals surface area contributed by atoms with Crippen molar-refractivity contribution in [3.05, 3.63) is 33.9 Å². The normalized spacial score (nSPS) is 13.0. The molecular formula is C12H16O4. The summed E-state index contributed by atoms with van der Waals surface area (Å²) in [5.41, 5.74) is 0.0474. The maximum Gasteiger partial charge on any atom is 0.342 e. The van der Waals surface area contributed by atoms with Gasteiger partial charge in [-0.15, -0.1) is 0 Å². The fraction of sp³-hybridized carbons (Fsp3) is 0.417. The van der Waals surface area contributed by atoms with Gasteiger partial charge in [0.2, 0.25) is 0 Å². The molecule has 0 spiro atoms. The Labute approximate surface area is 94.2 Å². The average molecular weight is 224 g/mol. The minimum Gasteiger partial charge on any atom is -0.496 e. The van der Waals surface area contributed by atoms with E-state index in [1.807, 2.05) is 0 Å². The molecule has 1 aromatic rings. The molecule has 1 unspecified atom stereocenters. The van der Waals surface area contributed by atoms with Crippen LogP contribution in [0.1, 0.15) is 24.7 Å². The summed E-state index contributed by atoms with van der Waals surface area (Å²) in [5, 5.41) is 9.06. The molecule has 4 nitrogen and oxygen atoms in total. The topological polar surface area (TPSA) is 59.7 Å². The van der Waals surface area contributed by atoms with Crippen LogP contribution in [0.2, 0.25) is 0 Å². The van der Waals surface area contributed by atoms with Gasteiger partial charge in [0.05, 0.1) is 18.8 Å². The lowest BCUT2D eigenvalue weighted by Gasteiger charge is -2.03. The zero-order valence-electron chi connectivity index (χ0n) is 9.69. The van der Waals surface area contributed by atoms with Crippen LogP contribution in [0.15, 0.2) is 21.4 Å². The second-order valence-corrected chi connectivity index (χ2v) is 3.62. The predicted octanol–water partition coefficient (Wildman–Crippen LogP) is 1.74. The van der Waals surface area contributed by atoms with Gasteiger partial charge in [-0.25, -0.2) is 4.79 Å². The van der Waals surface area contributed by atoms with E-state index in [1.54, 1.807) is 32.1 Å². The van der Waals surface area contributed by atoms with Crippen molar-refractivity contribution in [3.8, 4) is 5.75 Å². The molecule has 1 heterocycles. The minimum atomic E-state index is -0.407. The van der Waals surface area contributed by atoms with E-state index in [9.17, 15) is 4.79 Å². The molecule has 1 atom stereocenters. The van der Waals surface area contributed by atoms with E-state index in [0.717, 1.165) is 0 Å². The van der Waals surface area contributed by atoms with Gasteiger partial charge in [0.15, 0.2) is 0 Å². The van der Waals surface area contributed by atoms with Gasteiger partial charge in [-0.1, -0.05) is 6.08 Å². The van der Waals surface area contributed by atoms with E-state index in [1.165, 1.54) is 7.11 Å². The third-order valence-corrected chi connectivity index (χ3v) is 2.14. The quantitative estimate of drug-likeness (QED) is 0.846. The van der Waals surface area contributed by atoms with E-state index >= 15 is 0 Å². The average Bonchev–Trinajstić information content (AvgIpc) is 2.22. The smallest absolute Gasteiger partial charge is 0.342 e. The number of ether oxygens (including phenoxy) is 1. The first-order valence-electron chi connectivity index (χ1n) is 5.08. The molecule has 0 aliphatic rings. The van der Waals surface area contributed by atoms with Gasteiger partial charge in [-0.05, 0) is 26.3 Å². The van der Waals surface area contributed by atoms with Gasteiger partial charge in [0.1, 0.15) is 11.5 Å². The van der Waals surface area contributed by atoms with Gasteiger partial charge >= 0.3 is 5.63 Å². The van der Waals surface area contributed by atoms with Crippen molar-refractivity contribution in [2.45, 2.75) is 26.4 Å². The lowest BCUT2D eigenvalue weighted by atomic mass is 10.2. The van der Waals surface area contributed by atoms with Crippen LogP contribution in [0.4, 0.5) is 0 Å². The van der Waals surface area contributed by atoms with Crippen LogP contribution >= 0.6 is 0 Å². The second kappa shape index (κ2) is 5.51.